The lowest BCUT2D eigenvalue weighted by Crippen LogP contribution is -2.48. The first-order valence-electron chi connectivity index (χ1n) is 7.81. The van der Waals surface area contributed by atoms with Crippen molar-refractivity contribution in [1.82, 2.24) is 10.6 Å². The van der Waals surface area contributed by atoms with E-state index in [1.54, 1.807) is 24.3 Å². The number of benzene rings is 1. The lowest BCUT2D eigenvalue weighted by molar-refractivity contribution is -0.121. The van der Waals surface area contributed by atoms with Gasteiger partial charge in [-0.15, -0.1) is 0 Å². The first-order chi connectivity index (χ1) is 10.6. The van der Waals surface area contributed by atoms with Gasteiger partial charge in [0.15, 0.2) is 0 Å². The van der Waals surface area contributed by atoms with Crippen LogP contribution in [0.5, 0.6) is 0 Å². The summed E-state index contributed by atoms with van der Waals surface area (Å²) in [7, 11) is 0. The zero-order chi connectivity index (χ0) is 15.5. The highest BCUT2D eigenvalue weighted by Crippen LogP contribution is 2.20. The van der Waals surface area contributed by atoms with Crippen LogP contribution in [-0.4, -0.2) is 31.1 Å². The third kappa shape index (κ3) is 3.76. The van der Waals surface area contributed by atoms with Crippen molar-refractivity contribution < 1.29 is 9.59 Å². The fraction of sp³-hybridized carbons (Fsp3) is 0.500. The first kappa shape index (κ1) is 14.8. The molecule has 1 heterocycles. The summed E-state index contributed by atoms with van der Waals surface area (Å²) < 4.78 is 0. The predicted octanol–water partition coefficient (Wildman–Crippen LogP) is 1.76. The molecule has 1 atom stereocenters. The van der Waals surface area contributed by atoms with Crippen LogP contribution in [0.4, 0.5) is 16.2 Å². The van der Waals surface area contributed by atoms with E-state index in [0.717, 1.165) is 31.6 Å². The van der Waals surface area contributed by atoms with Crippen LogP contribution in [0.1, 0.15) is 19.8 Å². The minimum Gasteiger partial charge on any atom is -0.335 e. The number of hydrogen-bond acceptors (Lipinski definition) is 3. The molecule has 1 aliphatic heterocycles. The van der Waals surface area contributed by atoms with E-state index in [-0.39, 0.29) is 17.9 Å². The molecule has 6 nitrogen and oxygen atoms in total. The maximum atomic E-state index is 12.1. The zero-order valence-electron chi connectivity index (χ0n) is 12.7. The van der Waals surface area contributed by atoms with Gasteiger partial charge in [-0.3, -0.25) is 4.79 Å². The van der Waals surface area contributed by atoms with Crippen molar-refractivity contribution in [2.24, 2.45) is 11.8 Å². The quantitative estimate of drug-likeness (QED) is 0.669. The number of hydrogen-bond donors (Lipinski definition) is 4. The van der Waals surface area contributed by atoms with Crippen LogP contribution >= 0.6 is 0 Å². The summed E-state index contributed by atoms with van der Waals surface area (Å²) >= 11 is 0. The Bertz CT molecular complexity index is 550. The van der Waals surface area contributed by atoms with Crippen molar-refractivity contribution in [2.75, 3.05) is 23.7 Å². The molecule has 1 saturated carbocycles. The average Bonchev–Trinajstić information content (AvgIpc) is 3.22. The Morgan fingerprint density at radius 3 is 2.18 bits per heavy atom. The number of urea groups is 1. The van der Waals surface area contributed by atoms with Crippen molar-refractivity contribution >= 4 is 23.3 Å². The molecule has 1 aromatic carbocycles. The largest absolute Gasteiger partial charge is 0.335 e. The molecule has 1 aromatic rings. The smallest absolute Gasteiger partial charge is 0.319 e. The molecule has 2 fully saturated rings. The normalized spacial score (nSPS) is 19.0. The van der Waals surface area contributed by atoms with Crippen LogP contribution in [0.2, 0.25) is 0 Å². The van der Waals surface area contributed by atoms with Gasteiger partial charge in [0.05, 0.1) is 0 Å². The van der Waals surface area contributed by atoms with Gasteiger partial charge in [0.25, 0.3) is 0 Å². The van der Waals surface area contributed by atoms with Gasteiger partial charge in [0.1, 0.15) is 0 Å². The summed E-state index contributed by atoms with van der Waals surface area (Å²) in [5.74, 6) is 0.467. The van der Waals surface area contributed by atoms with Gasteiger partial charge in [-0.1, -0.05) is 6.92 Å². The number of nitrogens with one attached hydrogen (secondary N) is 4. The number of carbonyl (C=O) groups is 2. The second kappa shape index (κ2) is 6.36. The van der Waals surface area contributed by atoms with E-state index < -0.39 is 0 Å². The molecule has 3 rings (SSSR count). The van der Waals surface area contributed by atoms with Gasteiger partial charge in [0.2, 0.25) is 5.91 Å². The molecule has 3 amide bonds. The predicted molar refractivity (Wildman–Crippen MR) is 85.8 cm³/mol. The molecule has 0 bridgehead atoms. The Morgan fingerprint density at radius 1 is 1.09 bits per heavy atom. The van der Waals surface area contributed by atoms with Crippen LogP contribution in [0.25, 0.3) is 0 Å². The Labute approximate surface area is 130 Å². The van der Waals surface area contributed by atoms with E-state index in [2.05, 4.69) is 21.3 Å². The number of anilines is 2. The van der Waals surface area contributed by atoms with Gasteiger partial charge in [-0.05, 0) is 56.1 Å². The lowest BCUT2D eigenvalue weighted by Gasteiger charge is -2.31. The molecular formula is C16H22N4O2. The van der Waals surface area contributed by atoms with Crippen molar-refractivity contribution in [2.45, 2.75) is 25.8 Å². The standard InChI is InChI=1S/C16H22N4O2/c1-10(11-8-17-9-11)15(21)18-12-2-4-13(5-3-12)19-16(22)20-14-6-7-14/h2-5,10-11,14,17H,6-9H2,1H3,(H,18,21)(H2,19,20,22). The van der Waals surface area contributed by atoms with Crippen molar-refractivity contribution in [3.63, 3.8) is 0 Å². The van der Waals surface area contributed by atoms with Gasteiger partial charge >= 0.3 is 6.03 Å². The third-order valence-corrected chi connectivity index (χ3v) is 4.26. The Hall–Kier alpha value is -2.08. The average molecular weight is 302 g/mol. The van der Waals surface area contributed by atoms with E-state index in [1.165, 1.54) is 0 Å². The molecule has 6 heteroatoms. The molecule has 0 aromatic heterocycles. The summed E-state index contributed by atoms with van der Waals surface area (Å²) in [6, 6.07) is 7.34. The molecule has 0 radical (unpaired) electrons. The maximum Gasteiger partial charge on any atom is 0.319 e. The minimum atomic E-state index is -0.176. The second-order valence-electron chi connectivity index (χ2n) is 6.15. The second-order valence-corrected chi connectivity index (χ2v) is 6.15. The van der Waals surface area contributed by atoms with E-state index in [0.29, 0.717) is 17.6 Å². The molecule has 0 spiro atoms. The van der Waals surface area contributed by atoms with Gasteiger partial charge in [-0.2, -0.15) is 0 Å². The summed E-state index contributed by atoms with van der Waals surface area (Å²) in [5, 5.41) is 11.7. The van der Waals surface area contributed by atoms with Crippen molar-refractivity contribution in [3.8, 4) is 0 Å². The van der Waals surface area contributed by atoms with Crippen LogP contribution in [0, 0.1) is 11.8 Å². The molecular weight excluding hydrogens is 280 g/mol. The zero-order valence-corrected chi connectivity index (χ0v) is 12.7. The van der Waals surface area contributed by atoms with E-state index in [9.17, 15) is 9.59 Å². The fourth-order valence-electron chi connectivity index (χ4n) is 2.35. The minimum absolute atomic E-state index is 0.00312. The highest BCUT2D eigenvalue weighted by molar-refractivity contribution is 5.93. The molecule has 4 N–H and O–H groups in total. The Balaban J connectivity index is 1.49. The Morgan fingerprint density at radius 2 is 1.68 bits per heavy atom. The fourth-order valence-corrected chi connectivity index (χ4v) is 2.35. The number of rotatable bonds is 5. The maximum absolute atomic E-state index is 12.1. The SMILES string of the molecule is CC(C(=O)Nc1ccc(NC(=O)NC2CC2)cc1)C1CNC1. The van der Waals surface area contributed by atoms with Crippen LogP contribution < -0.4 is 21.3 Å². The van der Waals surface area contributed by atoms with E-state index >= 15 is 0 Å². The Kier molecular flexibility index (Phi) is 4.29. The van der Waals surface area contributed by atoms with Crippen LogP contribution in [0.15, 0.2) is 24.3 Å². The molecule has 1 saturated heterocycles. The molecule has 118 valence electrons. The van der Waals surface area contributed by atoms with Crippen molar-refractivity contribution in [3.05, 3.63) is 24.3 Å². The molecule has 2 aliphatic rings. The van der Waals surface area contributed by atoms with Crippen LogP contribution in [0.3, 0.4) is 0 Å². The molecule has 1 unspecified atom stereocenters. The summed E-state index contributed by atoms with van der Waals surface area (Å²) in [5.41, 5.74) is 1.46. The summed E-state index contributed by atoms with van der Waals surface area (Å²) in [6.45, 7) is 3.78. The third-order valence-electron chi connectivity index (χ3n) is 4.26. The number of amides is 3. The molecule has 22 heavy (non-hydrogen) atoms. The summed E-state index contributed by atoms with van der Waals surface area (Å²) in [6.07, 6.45) is 2.13. The monoisotopic (exact) mass is 302 g/mol. The highest BCUT2D eigenvalue weighted by atomic mass is 16.2. The number of carbonyl (C=O) groups excluding carboxylic acids is 2. The topological polar surface area (TPSA) is 82.3 Å². The lowest BCUT2D eigenvalue weighted by atomic mass is 9.88. The van der Waals surface area contributed by atoms with E-state index in [4.69, 9.17) is 0 Å². The summed E-state index contributed by atoms with van der Waals surface area (Å²) in [4.78, 5) is 23.8. The van der Waals surface area contributed by atoms with Gasteiger partial charge in [0, 0.05) is 23.3 Å². The highest BCUT2D eigenvalue weighted by Gasteiger charge is 2.28. The van der Waals surface area contributed by atoms with Gasteiger partial charge < -0.3 is 21.3 Å². The first-order valence-corrected chi connectivity index (χ1v) is 7.81. The van der Waals surface area contributed by atoms with Gasteiger partial charge in [-0.25, -0.2) is 4.79 Å². The van der Waals surface area contributed by atoms with Crippen molar-refractivity contribution in [1.29, 1.82) is 0 Å². The molecule has 1 aliphatic carbocycles. The van der Waals surface area contributed by atoms with Crippen LogP contribution in [-0.2, 0) is 4.79 Å². The van der Waals surface area contributed by atoms with E-state index in [1.807, 2.05) is 6.92 Å².